The summed E-state index contributed by atoms with van der Waals surface area (Å²) in [4.78, 5) is 23.6. The number of aromatic nitrogens is 2. The second-order valence-corrected chi connectivity index (χ2v) is 6.24. The summed E-state index contributed by atoms with van der Waals surface area (Å²) < 4.78 is 5.15. The Morgan fingerprint density at radius 1 is 1.14 bits per heavy atom. The summed E-state index contributed by atoms with van der Waals surface area (Å²) in [5, 5.41) is 13.0. The van der Waals surface area contributed by atoms with Crippen molar-refractivity contribution in [3.8, 4) is 0 Å². The molecule has 0 aliphatic heterocycles. The van der Waals surface area contributed by atoms with Crippen LogP contribution < -0.4 is 10.6 Å². The van der Waals surface area contributed by atoms with Crippen molar-refractivity contribution in [2.24, 2.45) is 0 Å². The summed E-state index contributed by atoms with van der Waals surface area (Å²) in [5.41, 5.74) is 1.96. The summed E-state index contributed by atoms with van der Waals surface area (Å²) in [6, 6.07) is 6.45. The van der Waals surface area contributed by atoms with Crippen molar-refractivity contribution in [1.29, 1.82) is 0 Å². The van der Waals surface area contributed by atoms with Gasteiger partial charge in [-0.25, -0.2) is 4.79 Å². The number of rotatable bonds is 3. The van der Waals surface area contributed by atoms with Crippen LogP contribution in [0.2, 0.25) is 0 Å². The van der Waals surface area contributed by atoms with Gasteiger partial charge in [-0.15, -0.1) is 10.2 Å². The molecule has 0 aliphatic rings. The molecule has 116 valence electrons. The van der Waals surface area contributed by atoms with Crippen molar-refractivity contribution in [2.75, 3.05) is 10.6 Å². The van der Waals surface area contributed by atoms with Gasteiger partial charge in [-0.05, 0) is 45.0 Å². The van der Waals surface area contributed by atoms with E-state index in [1.54, 1.807) is 45.0 Å². The van der Waals surface area contributed by atoms with E-state index in [9.17, 15) is 9.59 Å². The van der Waals surface area contributed by atoms with E-state index in [0.29, 0.717) is 16.4 Å². The van der Waals surface area contributed by atoms with Gasteiger partial charge < -0.3 is 4.74 Å². The molecule has 1 aromatic heterocycles. The molecule has 0 spiro atoms. The third-order valence-electron chi connectivity index (χ3n) is 2.37. The predicted octanol–water partition coefficient (Wildman–Crippen LogP) is 3.14. The molecule has 0 radical (unpaired) electrons. The van der Waals surface area contributed by atoms with Crippen molar-refractivity contribution in [3.63, 3.8) is 0 Å². The number of ether oxygens (including phenoxy) is 1. The molecule has 2 amide bonds. The quantitative estimate of drug-likeness (QED) is 0.906. The van der Waals surface area contributed by atoms with Gasteiger partial charge in [-0.1, -0.05) is 11.3 Å². The van der Waals surface area contributed by atoms with Crippen LogP contribution in [0.25, 0.3) is 0 Å². The number of carbonyl (C=O) groups is 2. The Balaban J connectivity index is 1.95. The molecule has 0 fully saturated rings. The highest BCUT2D eigenvalue weighted by molar-refractivity contribution is 7.13. The molecule has 1 heterocycles. The first kappa shape index (κ1) is 15.9. The monoisotopic (exact) mass is 320 g/mol. The van der Waals surface area contributed by atoms with Crippen LogP contribution in [0, 0.1) is 0 Å². The Hall–Kier alpha value is -2.48. The number of carbonyl (C=O) groups excluding carboxylic acids is 2. The maximum Gasteiger partial charge on any atom is 0.412 e. The Labute approximate surface area is 131 Å². The maximum absolute atomic E-state index is 11.9. The van der Waals surface area contributed by atoms with E-state index in [1.165, 1.54) is 16.8 Å². The molecule has 8 heteroatoms. The molecule has 7 nitrogen and oxygen atoms in total. The fourth-order valence-corrected chi connectivity index (χ4v) is 1.96. The van der Waals surface area contributed by atoms with E-state index >= 15 is 0 Å². The van der Waals surface area contributed by atoms with Gasteiger partial charge in [0.15, 0.2) is 0 Å². The summed E-state index contributed by atoms with van der Waals surface area (Å²) in [6.45, 7) is 5.36. The lowest BCUT2D eigenvalue weighted by molar-refractivity contribution is 0.0636. The first-order valence-corrected chi connectivity index (χ1v) is 7.39. The minimum atomic E-state index is -0.564. The smallest absolute Gasteiger partial charge is 0.412 e. The fourth-order valence-electron chi connectivity index (χ4n) is 1.52. The predicted molar refractivity (Wildman–Crippen MR) is 84.2 cm³/mol. The second-order valence-electron chi connectivity index (χ2n) is 5.40. The van der Waals surface area contributed by atoms with Crippen LogP contribution in [0.4, 0.5) is 15.6 Å². The minimum absolute atomic E-state index is 0.291. The summed E-state index contributed by atoms with van der Waals surface area (Å²) in [5.74, 6) is -0.291. The molecule has 0 saturated heterocycles. The Morgan fingerprint density at radius 3 is 2.36 bits per heavy atom. The Kier molecular flexibility index (Phi) is 4.71. The first-order valence-electron chi connectivity index (χ1n) is 6.51. The fraction of sp³-hybridized carbons (Fsp3) is 0.286. The van der Waals surface area contributed by atoms with Gasteiger partial charge in [-0.3, -0.25) is 15.4 Å². The van der Waals surface area contributed by atoms with Crippen LogP contribution in [0.5, 0.6) is 0 Å². The zero-order valence-electron chi connectivity index (χ0n) is 12.4. The standard InChI is InChI=1S/C14H16N4O3S/c1-14(2,3)21-13(20)16-10-6-4-9(5-7-10)11(19)17-12-18-15-8-22-12/h4-8H,1-3H3,(H,16,20)(H,17,18,19). The van der Waals surface area contributed by atoms with Crippen molar-refractivity contribution in [1.82, 2.24) is 10.2 Å². The third kappa shape index (κ3) is 4.81. The van der Waals surface area contributed by atoms with Crippen molar-refractivity contribution < 1.29 is 14.3 Å². The highest BCUT2D eigenvalue weighted by Crippen LogP contribution is 2.15. The van der Waals surface area contributed by atoms with Crippen LogP contribution in [-0.4, -0.2) is 27.8 Å². The number of amides is 2. The lowest BCUT2D eigenvalue weighted by Gasteiger charge is -2.19. The van der Waals surface area contributed by atoms with Gasteiger partial charge in [0.2, 0.25) is 5.13 Å². The van der Waals surface area contributed by atoms with Crippen molar-refractivity contribution in [3.05, 3.63) is 35.3 Å². The van der Waals surface area contributed by atoms with E-state index in [4.69, 9.17) is 4.74 Å². The van der Waals surface area contributed by atoms with Crippen LogP contribution >= 0.6 is 11.3 Å². The molecular weight excluding hydrogens is 304 g/mol. The molecule has 0 atom stereocenters. The Bertz CT molecular complexity index is 648. The van der Waals surface area contributed by atoms with Gasteiger partial charge in [0.05, 0.1) is 0 Å². The summed E-state index contributed by atoms with van der Waals surface area (Å²) >= 11 is 1.24. The van der Waals surface area contributed by atoms with E-state index in [1.807, 2.05) is 0 Å². The first-order chi connectivity index (χ1) is 10.3. The van der Waals surface area contributed by atoms with Crippen LogP contribution in [0.1, 0.15) is 31.1 Å². The van der Waals surface area contributed by atoms with E-state index in [-0.39, 0.29) is 5.91 Å². The third-order valence-corrected chi connectivity index (χ3v) is 2.98. The average molecular weight is 320 g/mol. The van der Waals surface area contributed by atoms with E-state index < -0.39 is 11.7 Å². The average Bonchev–Trinajstić information content (AvgIpc) is 2.90. The lowest BCUT2D eigenvalue weighted by Crippen LogP contribution is -2.27. The van der Waals surface area contributed by atoms with Crippen LogP contribution in [-0.2, 0) is 4.74 Å². The zero-order chi connectivity index (χ0) is 16.2. The summed E-state index contributed by atoms with van der Waals surface area (Å²) in [6.07, 6.45) is -0.543. The van der Waals surface area contributed by atoms with Gasteiger partial charge in [0, 0.05) is 11.3 Å². The number of anilines is 2. The molecule has 0 unspecified atom stereocenters. The SMILES string of the molecule is CC(C)(C)OC(=O)Nc1ccc(C(=O)Nc2nncs2)cc1. The number of hydrogen-bond acceptors (Lipinski definition) is 6. The van der Waals surface area contributed by atoms with Crippen molar-refractivity contribution >= 4 is 34.2 Å². The second kappa shape index (κ2) is 6.52. The minimum Gasteiger partial charge on any atom is -0.444 e. The molecular formula is C14H16N4O3S. The molecule has 2 N–H and O–H groups in total. The maximum atomic E-state index is 11.9. The molecule has 22 heavy (non-hydrogen) atoms. The molecule has 2 aromatic rings. The van der Waals surface area contributed by atoms with Crippen LogP contribution in [0.3, 0.4) is 0 Å². The van der Waals surface area contributed by atoms with E-state index in [0.717, 1.165) is 0 Å². The van der Waals surface area contributed by atoms with Gasteiger partial charge in [-0.2, -0.15) is 0 Å². The lowest BCUT2D eigenvalue weighted by atomic mass is 10.2. The van der Waals surface area contributed by atoms with E-state index in [2.05, 4.69) is 20.8 Å². The molecule has 0 saturated carbocycles. The molecule has 0 bridgehead atoms. The Morgan fingerprint density at radius 2 is 1.82 bits per heavy atom. The van der Waals surface area contributed by atoms with Crippen molar-refractivity contribution in [2.45, 2.75) is 26.4 Å². The van der Waals surface area contributed by atoms with Gasteiger partial charge >= 0.3 is 6.09 Å². The number of benzene rings is 1. The van der Waals surface area contributed by atoms with Crippen LogP contribution in [0.15, 0.2) is 29.8 Å². The molecule has 0 aliphatic carbocycles. The highest BCUT2D eigenvalue weighted by Gasteiger charge is 2.16. The summed E-state index contributed by atoms with van der Waals surface area (Å²) in [7, 11) is 0. The number of hydrogen-bond donors (Lipinski definition) is 2. The highest BCUT2D eigenvalue weighted by atomic mass is 32.1. The number of nitrogens with zero attached hydrogens (tertiary/aromatic N) is 2. The largest absolute Gasteiger partial charge is 0.444 e. The van der Waals surface area contributed by atoms with Gasteiger partial charge in [0.25, 0.3) is 5.91 Å². The zero-order valence-corrected chi connectivity index (χ0v) is 13.2. The topological polar surface area (TPSA) is 93.2 Å². The molecule has 2 rings (SSSR count). The normalized spacial score (nSPS) is 10.9. The molecule has 1 aromatic carbocycles. The number of nitrogens with one attached hydrogen (secondary N) is 2. The van der Waals surface area contributed by atoms with Gasteiger partial charge in [0.1, 0.15) is 11.1 Å².